The van der Waals surface area contributed by atoms with Crippen LogP contribution in [0.15, 0.2) is 18.2 Å². The number of benzene rings is 1. The van der Waals surface area contributed by atoms with E-state index < -0.39 is 0 Å². The molecule has 18 heavy (non-hydrogen) atoms. The number of anilines is 1. The third kappa shape index (κ3) is 2.35. The molecule has 0 radical (unpaired) electrons. The normalized spacial score (nSPS) is 17.8. The van der Waals surface area contributed by atoms with Crippen molar-refractivity contribution in [1.82, 2.24) is 5.32 Å². The third-order valence-electron chi connectivity index (χ3n) is 4.14. The van der Waals surface area contributed by atoms with Crippen LogP contribution in [-0.2, 0) is 6.42 Å². The van der Waals surface area contributed by atoms with Gasteiger partial charge >= 0.3 is 0 Å². The Kier molecular flexibility index (Phi) is 3.22. The van der Waals surface area contributed by atoms with E-state index in [0.29, 0.717) is 0 Å². The number of fused-ring (bicyclic) bond motifs is 1. The van der Waals surface area contributed by atoms with E-state index in [1.165, 1.54) is 24.8 Å². The molecule has 0 spiro atoms. The Hall–Kier alpha value is -1.51. The largest absolute Gasteiger partial charge is 0.384 e. The smallest absolute Gasteiger partial charge is 0.251 e. The van der Waals surface area contributed by atoms with Crippen molar-refractivity contribution in [3.8, 4) is 0 Å². The lowest BCUT2D eigenvalue weighted by Crippen LogP contribution is -2.27. The van der Waals surface area contributed by atoms with E-state index in [9.17, 15) is 4.79 Å². The van der Waals surface area contributed by atoms with Crippen LogP contribution < -0.4 is 10.6 Å². The van der Waals surface area contributed by atoms with E-state index in [-0.39, 0.29) is 5.91 Å². The van der Waals surface area contributed by atoms with Crippen molar-refractivity contribution < 1.29 is 4.79 Å². The Morgan fingerprint density at radius 1 is 1.39 bits per heavy atom. The van der Waals surface area contributed by atoms with E-state index in [2.05, 4.69) is 16.7 Å². The molecule has 96 valence electrons. The van der Waals surface area contributed by atoms with Gasteiger partial charge in [0.25, 0.3) is 5.91 Å². The number of hydrogen-bond donors (Lipinski definition) is 2. The molecule has 3 rings (SSSR count). The minimum Gasteiger partial charge on any atom is -0.384 e. The molecule has 3 heteroatoms. The van der Waals surface area contributed by atoms with Crippen LogP contribution in [0.2, 0.25) is 0 Å². The van der Waals surface area contributed by atoms with Gasteiger partial charge in [-0.05, 0) is 36.5 Å². The Balaban J connectivity index is 1.54. The van der Waals surface area contributed by atoms with Crippen molar-refractivity contribution in [2.75, 3.05) is 18.4 Å². The van der Waals surface area contributed by atoms with Gasteiger partial charge in [0.2, 0.25) is 0 Å². The molecule has 1 fully saturated rings. The Morgan fingerprint density at radius 3 is 3.06 bits per heavy atom. The monoisotopic (exact) mass is 244 g/mol. The first-order valence-electron chi connectivity index (χ1n) is 6.98. The average molecular weight is 244 g/mol. The standard InChI is InChI=1S/C15H20N2O/c18-15(17-8-6-11-2-1-3-11)13-5-4-12-7-9-16-14(12)10-13/h4-5,10-11,16H,1-3,6-9H2,(H,17,18). The van der Waals surface area contributed by atoms with Crippen LogP contribution in [0.1, 0.15) is 41.6 Å². The number of rotatable bonds is 4. The maximum absolute atomic E-state index is 12.0. The fourth-order valence-electron chi connectivity index (χ4n) is 2.71. The summed E-state index contributed by atoms with van der Waals surface area (Å²) < 4.78 is 0. The summed E-state index contributed by atoms with van der Waals surface area (Å²) in [4.78, 5) is 12.0. The second-order valence-corrected chi connectivity index (χ2v) is 5.39. The molecule has 0 unspecified atom stereocenters. The molecular formula is C15H20N2O. The van der Waals surface area contributed by atoms with Gasteiger partial charge in [0.05, 0.1) is 0 Å². The summed E-state index contributed by atoms with van der Waals surface area (Å²) in [5, 5.41) is 6.33. The van der Waals surface area contributed by atoms with Gasteiger partial charge < -0.3 is 10.6 Å². The lowest BCUT2D eigenvalue weighted by molar-refractivity contribution is 0.0949. The zero-order valence-corrected chi connectivity index (χ0v) is 10.7. The van der Waals surface area contributed by atoms with Gasteiger partial charge in [-0.3, -0.25) is 4.79 Å². The van der Waals surface area contributed by atoms with Crippen molar-refractivity contribution in [2.45, 2.75) is 32.1 Å². The number of carbonyl (C=O) groups is 1. The average Bonchev–Trinajstić information content (AvgIpc) is 2.79. The van der Waals surface area contributed by atoms with Crippen LogP contribution >= 0.6 is 0 Å². The van der Waals surface area contributed by atoms with Gasteiger partial charge in [-0.2, -0.15) is 0 Å². The highest BCUT2D eigenvalue weighted by Crippen LogP contribution is 2.28. The summed E-state index contributed by atoms with van der Waals surface area (Å²) in [6.07, 6.45) is 6.26. The van der Waals surface area contributed by atoms with Crippen molar-refractivity contribution >= 4 is 11.6 Å². The fourth-order valence-corrected chi connectivity index (χ4v) is 2.71. The Bertz CT molecular complexity index is 452. The molecule has 2 aliphatic rings. The van der Waals surface area contributed by atoms with E-state index >= 15 is 0 Å². The number of amides is 1. The molecule has 1 amide bonds. The van der Waals surface area contributed by atoms with Crippen LogP contribution in [0, 0.1) is 5.92 Å². The van der Waals surface area contributed by atoms with E-state index in [0.717, 1.165) is 43.1 Å². The molecule has 1 heterocycles. The summed E-state index contributed by atoms with van der Waals surface area (Å²) in [5.74, 6) is 0.915. The summed E-state index contributed by atoms with van der Waals surface area (Å²) in [7, 11) is 0. The lowest BCUT2D eigenvalue weighted by Gasteiger charge is -2.25. The number of carbonyl (C=O) groups excluding carboxylic acids is 1. The van der Waals surface area contributed by atoms with Crippen LogP contribution in [0.5, 0.6) is 0 Å². The van der Waals surface area contributed by atoms with Crippen molar-refractivity contribution in [1.29, 1.82) is 0 Å². The zero-order chi connectivity index (χ0) is 12.4. The van der Waals surface area contributed by atoms with Gasteiger partial charge in [0.15, 0.2) is 0 Å². The van der Waals surface area contributed by atoms with E-state index in [1.54, 1.807) is 0 Å². The van der Waals surface area contributed by atoms with Crippen molar-refractivity contribution in [3.63, 3.8) is 0 Å². The number of hydrogen-bond acceptors (Lipinski definition) is 2. The van der Waals surface area contributed by atoms with Crippen LogP contribution in [0.25, 0.3) is 0 Å². The van der Waals surface area contributed by atoms with E-state index in [4.69, 9.17) is 0 Å². The van der Waals surface area contributed by atoms with Crippen LogP contribution in [0.4, 0.5) is 5.69 Å². The fraction of sp³-hybridized carbons (Fsp3) is 0.533. The summed E-state index contributed by atoms with van der Waals surface area (Å²) >= 11 is 0. The summed E-state index contributed by atoms with van der Waals surface area (Å²) in [5.41, 5.74) is 3.22. The molecule has 1 aromatic rings. The SMILES string of the molecule is O=C(NCCC1CCC1)c1ccc2c(c1)NCC2. The maximum atomic E-state index is 12.0. The number of nitrogens with one attached hydrogen (secondary N) is 2. The highest BCUT2D eigenvalue weighted by Gasteiger charge is 2.17. The molecule has 1 aliphatic heterocycles. The molecule has 0 bridgehead atoms. The predicted molar refractivity (Wildman–Crippen MR) is 72.9 cm³/mol. The molecule has 0 saturated heterocycles. The zero-order valence-electron chi connectivity index (χ0n) is 10.7. The first-order chi connectivity index (χ1) is 8.83. The lowest BCUT2D eigenvalue weighted by atomic mass is 9.83. The quantitative estimate of drug-likeness (QED) is 0.854. The molecule has 0 aromatic heterocycles. The summed E-state index contributed by atoms with van der Waals surface area (Å²) in [6.45, 7) is 1.80. The molecule has 1 aromatic carbocycles. The Morgan fingerprint density at radius 2 is 2.28 bits per heavy atom. The maximum Gasteiger partial charge on any atom is 0.251 e. The Labute approximate surface area is 108 Å². The van der Waals surface area contributed by atoms with Gasteiger partial charge in [0, 0.05) is 24.3 Å². The van der Waals surface area contributed by atoms with Gasteiger partial charge in [-0.1, -0.05) is 25.3 Å². The minimum absolute atomic E-state index is 0.0609. The molecule has 2 N–H and O–H groups in total. The third-order valence-corrected chi connectivity index (χ3v) is 4.14. The minimum atomic E-state index is 0.0609. The van der Waals surface area contributed by atoms with Gasteiger partial charge in [0.1, 0.15) is 0 Å². The second kappa shape index (κ2) is 5.01. The van der Waals surface area contributed by atoms with Gasteiger partial charge in [-0.25, -0.2) is 0 Å². The van der Waals surface area contributed by atoms with Gasteiger partial charge in [-0.15, -0.1) is 0 Å². The molecule has 0 atom stereocenters. The predicted octanol–water partition coefficient (Wildman–Crippen LogP) is 2.57. The van der Waals surface area contributed by atoms with Crippen molar-refractivity contribution in [3.05, 3.63) is 29.3 Å². The second-order valence-electron chi connectivity index (χ2n) is 5.39. The highest BCUT2D eigenvalue weighted by molar-refractivity contribution is 5.95. The highest BCUT2D eigenvalue weighted by atomic mass is 16.1. The molecular weight excluding hydrogens is 224 g/mol. The van der Waals surface area contributed by atoms with E-state index in [1.807, 2.05) is 12.1 Å². The molecule has 3 nitrogen and oxygen atoms in total. The summed E-state index contributed by atoms with van der Waals surface area (Å²) in [6, 6.07) is 5.97. The van der Waals surface area contributed by atoms with Crippen molar-refractivity contribution in [2.24, 2.45) is 5.92 Å². The van der Waals surface area contributed by atoms with Crippen LogP contribution in [-0.4, -0.2) is 19.0 Å². The molecule has 1 aliphatic carbocycles. The molecule has 1 saturated carbocycles. The van der Waals surface area contributed by atoms with Crippen LogP contribution in [0.3, 0.4) is 0 Å². The topological polar surface area (TPSA) is 41.1 Å². The first kappa shape index (κ1) is 11.6. The first-order valence-corrected chi connectivity index (χ1v) is 6.98.